The van der Waals surface area contributed by atoms with E-state index in [9.17, 15) is 9.59 Å². The molecule has 5 nitrogen and oxygen atoms in total. The molecule has 0 atom stereocenters. The number of hydrogen-bond donors (Lipinski definition) is 0. The third kappa shape index (κ3) is 4.36. The van der Waals surface area contributed by atoms with Gasteiger partial charge in [-0.05, 0) is 67.8 Å². The molecule has 3 aromatic carbocycles. The van der Waals surface area contributed by atoms with E-state index >= 15 is 0 Å². The van der Waals surface area contributed by atoms with Gasteiger partial charge in [-0.1, -0.05) is 35.9 Å². The summed E-state index contributed by atoms with van der Waals surface area (Å²) in [7, 11) is 0. The van der Waals surface area contributed by atoms with Crippen LogP contribution in [-0.2, 0) is 6.42 Å². The van der Waals surface area contributed by atoms with E-state index in [0.717, 1.165) is 42.7 Å². The van der Waals surface area contributed by atoms with Crippen LogP contribution in [0.1, 0.15) is 38.3 Å². The van der Waals surface area contributed by atoms with Crippen LogP contribution in [0.25, 0.3) is 0 Å². The number of carbonyl (C=O) groups is 2. The lowest BCUT2D eigenvalue weighted by molar-refractivity contribution is 0.0746. The third-order valence-corrected chi connectivity index (χ3v) is 6.64. The first-order chi connectivity index (χ1) is 16.1. The first kappa shape index (κ1) is 21.3. The maximum Gasteiger partial charge on any atom is 0.258 e. The molecule has 5 heteroatoms. The maximum atomic E-state index is 13.2. The van der Waals surface area contributed by atoms with Gasteiger partial charge in [-0.3, -0.25) is 9.59 Å². The number of benzene rings is 3. The van der Waals surface area contributed by atoms with Crippen molar-refractivity contribution in [3.63, 3.8) is 0 Å². The summed E-state index contributed by atoms with van der Waals surface area (Å²) in [6, 6.07) is 23.9. The summed E-state index contributed by atoms with van der Waals surface area (Å²) >= 11 is 0. The van der Waals surface area contributed by atoms with Crippen molar-refractivity contribution in [1.29, 1.82) is 0 Å². The van der Waals surface area contributed by atoms with E-state index in [1.807, 2.05) is 77.4 Å². The lowest BCUT2D eigenvalue weighted by Crippen LogP contribution is -2.48. The highest BCUT2D eigenvalue weighted by atomic mass is 16.2. The van der Waals surface area contributed by atoms with E-state index in [4.69, 9.17) is 0 Å². The minimum atomic E-state index is 0.0239. The van der Waals surface area contributed by atoms with Gasteiger partial charge in [-0.2, -0.15) is 0 Å². The number of rotatable bonds is 3. The zero-order valence-electron chi connectivity index (χ0n) is 19.0. The second-order valence-corrected chi connectivity index (χ2v) is 8.89. The Labute approximate surface area is 195 Å². The molecule has 0 aliphatic carbocycles. The molecule has 0 aromatic heterocycles. The second kappa shape index (κ2) is 9.10. The number of fused-ring (bicyclic) bond motifs is 1. The predicted octanol–water partition coefficient (Wildman–Crippen LogP) is 4.55. The lowest BCUT2D eigenvalue weighted by Gasteiger charge is -2.36. The number of aryl methyl sites for hydroxylation is 2. The molecule has 1 saturated heterocycles. The minimum Gasteiger partial charge on any atom is -0.368 e. The number of piperazine rings is 1. The number of anilines is 2. The maximum absolute atomic E-state index is 13.2. The van der Waals surface area contributed by atoms with Gasteiger partial charge in [-0.25, -0.2) is 0 Å². The van der Waals surface area contributed by atoms with Crippen LogP contribution in [0.3, 0.4) is 0 Å². The molecule has 0 radical (unpaired) electrons. The fraction of sp³-hybridized carbons (Fsp3) is 0.286. The van der Waals surface area contributed by atoms with Crippen molar-refractivity contribution in [2.24, 2.45) is 0 Å². The zero-order chi connectivity index (χ0) is 22.8. The molecule has 0 unspecified atom stereocenters. The van der Waals surface area contributed by atoms with Crippen LogP contribution in [0.4, 0.5) is 11.4 Å². The Balaban J connectivity index is 1.30. The van der Waals surface area contributed by atoms with Crippen molar-refractivity contribution in [2.45, 2.75) is 19.8 Å². The molecule has 0 N–H and O–H groups in total. The molecule has 2 aliphatic heterocycles. The molecular formula is C28H29N3O2. The molecule has 168 valence electrons. The van der Waals surface area contributed by atoms with E-state index < -0.39 is 0 Å². The summed E-state index contributed by atoms with van der Waals surface area (Å²) in [5.74, 6) is 0.100. The van der Waals surface area contributed by atoms with Gasteiger partial charge in [0, 0.05) is 55.2 Å². The SMILES string of the molecule is Cc1cccc(C(=O)N2CCCc3cc(C(=O)N4CCN(c5ccccc5)CC4)ccc32)c1. The van der Waals surface area contributed by atoms with Crippen LogP contribution in [0.15, 0.2) is 72.8 Å². The van der Waals surface area contributed by atoms with Gasteiger partial charge in [-0.15, -0.1) is 0 Å². The smallest absolute Gasteiger partial charge is 0.258 e. The highest BCUT2D eigenvalue weighted by Crippen LogP contribution is 2.30. The van der Waals surface area contributed by atoms with E-state index in [1.54, 1.807) is 0 Å². The quantitative estimate of drug-likeness (QED) is 0.601. The minimum absolute atomic E-state index is 0.0239. The largest absolute Gasteiger partial charge is 0.368 e. The number of para-hydroxylation sites is 1. The van der Waals surface area contributed by atoms with Crippen molar-refractivity contribution in [3.8, 4) is 0 Å². The van der Waals surface area contributed by atoms with Crippen LogP contribution in [-0.4, -0.2) is 49.4 Å². The summed E-state index contributed by atoms with van der Waals surface area (Å²) in [6.45, 7) is 5.79. The molecular weight excluding hydrogens is 410 g/mol. The Kier molecular flexibility index (Phi) is 5.86. The van der Waals surface area contributed by atoms with Crippen LogP contribution >= 0.6 is 0 Å². The third-order valence-electron chi connectivity index (χ3n) is 6.64. The molecule has 1 fully saturated rings. The van der Waals surface area contributed by atoms with E-state index in [-0.39, 0.29) is 11.8 Å². The molecule has 2 heterocycles. The Bertz CT molecular complexity index is 1170. The van der Waals surface area contributed by atoms with Crippen LogP contribution in [0.5, 0.6) is 0 Å². The van der Waals surface area contributed by atoms with Crippen molar-refractivity contribution >= 4 is 23.2 Å². The molecule has 0 bridgehead atoms. The van der Waals surface area contributed by atoms with Crippen molar-refractivity contribution in [3.05, 3.63) is 95.1 Å². The van der Waals surface area contributed by atoms with Crippen molar-refractivity contribution in [1.82, 2.24) is 4.90 Å². The van der Waals surface area contributed by atoms with Gasteiger partial charge in [0.05, 0.1) is 0 Å². The van der Waals surface area contributed by atoms with Gasteiger partial charge >= 0.3 is 0 Å². The molecule has 2 amide bonds. The van der Waals surface area contributed by atoms with Gasteiger partial charge < -0.3 is 14.7 Å². The molecule has 3 aromatic rings. The van der Waals surface area contributed by atoms with E-state index in [2.05, 4.69) is 17.0 Å². The van der Waals surface area contributed by atoms with Crippen molar-refractivity contribution in [2.75, 3.05) is 42.5 Å². The molecule has 2 aliphatic rings. The standard InChI is InChI=1S/C28H29N3O2/c1-21-7-5-8-23(19-21)28(33)31-14-6-9-22-20-24(12-13-26(22)31)27(32)30-17-15-29(16-18-30)25-10-3-2-4-11-25/h2-5,7-8,10-13,19-20H,6,9,14-18H2,1H3. The van der Waals surface area contributed by atoms with Crippen LogP contribution in [0.2, 0.25) is 0 Å². The van der Waals surface area contributed by atoms with Gasteiger partial charge in [0.2, 0.25) is 0 Å². The van der Waals surface area contributed by atoms with E-state index in [0.29, 0.717) is 30.8 Å². The monoisotopic (exact) mass is 439 g/mol. The van der Waals surface area contributed by atoms with Crippen molar-refractivity contribution < 1.29 is 9.59 Å². The van der Waals surface area contributed by atoms with Gasteiger partial charge in [0.15, 0.2) is 0 Å². The zero-order valence-corrected chi connectivity index (χ0v) is 19.0. The lowest BCUT2D eigenvalue weighted by atomic mass is 9.97. The molecule has 0 spiro atoms. The number of hydrogen-bond acceptors (Lipinski definition) is 3. The second-order valence-electron chi connectivity index (χ2n) is 8.89. The fourth-order valence-corrected chi connectivity index (χ4v) is 4.86. The number of nitrogens with zero attached hydrogens (tertiary/aromatic N) is 3. The average Bonchev–Trinajstić information content (AvgIpc) is 2.88. The first-order valence-corrected chi connectivity index (χ1v) is 11.7. The highest BCUT2D eigenvalue weighted by Gasteiger charge is 2.27. The highest BCUT2D eigenvalue weighted by molar-refractivity contribution is 6.07. The number of carbonyl (C=O) groups excluding carboxylic acids is 2. The topological polar surface area (TPSA) is 43.9 Å². The first-order valence-electron chi connectivity index (χ1n) is 11.7. The summed E-state index contributed by atoms with van der Waals surface area (Å²) in [6.07, 6.45) is 1.79. The Morgan fingerprint density at radius 1 is 0.727 bits per heavy atom. The van der Waals surface area contributed by atoms with E-state index in [1.165, 1.54) is 5.69 Å². The summed E-state index contributed by atoms with van der Waals surface area (Å²) in [5.41, 5.74) is 5.71. The summed E-state index contributed by atoms with van der Waals surface area (Å²) in [5, 5.41) is 0. The molecule has 0 saturated carbocycles. The molecule has 5 rings (SSSR count). The Morgan fingerprint density at radius 2 is 1.48 bits per heavy atom. The Morgan fingerprint density at radius 3 is 2.24 bits per heavy atom. The van der Waals surface area contributed by atoms with Crippen LogP contribution in [0, 0.1) is 6.92 Å². The summed E-state index contributed by atoms with van der Waals surface area (Å²) < 4.78 is 0. The summed E-state index contributed by atoms with van der Waals surface area (Å²) in [4.78, 5) is 32.5. The fourth-order valence-electron chi connectivity index (χ4n) is 4.86. The Hall–Kier alpha value is -3.60. The predicted molar refractivity (Wildman–Crippen MR) is 132 cm³/mol. The normalized spacial score (nSPS) is 15.8. The molecule has 33 heavy (non-hydrogen) atoms. The number of amides is 2. The average molecular weight is 440 g/mol. The van der Waals surface area contributed by atoms with Gasteiger partial charge in [0.25, 0.3) is 11.8 Å². The van der Waals surface area contributed by atoms with Crippen LogP contribution < -0.4 is 9.80 Å². The van der Waals surface area contributed by atoms with Gasteiger partial charge in [0.1, 0.15) is 0 Å².